The molecular weight excluding hydrogens is 468 g/mol. The van der Waals surface area contributed by atoms with E-state index in [2.05, 4.69) is 4.90 Å². The molecule has 2 aromatic rings. The van der Waals surface area contributed by atoms with Crippen molar-refractivity contribution in [3.05, 3.63) is 53.1 Å². The minimum absolute atomic E-state index is 0.179. The lowest BCUT2D eigenvalue weighted by atomic mass is 10.1. The number of imide groups is 1. The van der Waals surface area contributed by atoms with E-state index in [-0.39, 0.29) is 6.54 Å². The number of ether oxygens (including phenoxy) is 3. The lowest BCUT2D eigenvalue weighted by molar-refractivity contribution is 0.00123. The Labute approximate surface area is 212 Å². The number of rotatable bonds is 5. The van der Waals surface area contributed by atoms with Crippen LogP contribution in [0.3, 0.4) is 0 Å². The van der Waals surface area contributed by atoms with Crippen molar-refractivity contribution in [2.24, 2.45) is 0 Å². The van der Waals surface area contributed by atoms with E-state index in [0.717, 1.165) is 27.6 Å². The number of unbranched alkanes of at least 4 members (excludes halogenated alkanes) is 1. The van der Waals surface area contributed by atoms with Crippen molar-refractivity contribution >= 4 is 35.2 Å². The average Bonchev–Trinajstić information content (AvgIpc) is 2.88. The third kappa shape index (κ3) is 7.52. The highest BCUT2D eigenvalue weighted by Crippen LogP contribution is 2.40. The summed E-state index contributed by atoms with van der Waals surface area (Å²) in [6.45, 7) is 11.9. The maximum Gasteiger partial charge on any atom is 0.419 e. The molecule has 0 saturated heterocycles. The summed E-state index contributed by atoms with van der Waals surface area (Å²) < 4.78 is 16.9. The van der Waals surface area contributed by atoms with Gasteiger partial charge in [-0.2, -0.15) is 0 Å². The molecule has 2 amide bonds. The van der Waals surface area contributed by atoms with Crippen LogP contribution in [-0.4, -0.2) is 41.4 Å². The fraction of sp³-hybridized carbons (Fsp3) is 0.481. The topological polar surface area (TPSA) is 68.3 Å². The highest BCUT2D eigenvalue weighted by molar-refractivity contribution is 6.30. The zero-order valence-corrected chi connectivity index (χ0v) is 22.1. The van der Waals surface area contributed by atoms with Gasteiger partial charge in [0, 0.05) is 29.4 Å². The van der Waals surface area contributed by atoms with Crippen molar-refractivity contribution in [1.29, 1.82) is 0 Å². The summed E-state index contributed by atoms with van der Waals surface area (Å²) in [5.41, 5.74) is 1.52. The number of amides is 2. The lowest BCUT2D eigenvalue weighted by Crippen LogP contribution is -2.44. The fourth-order valence-corrected chi connectivity index (χ4v) is 3.84. The van der Waals surface area contributed by atoms with E-state index in [9.17, 15) is 9.59 Å². The zero-order valence-electron chi connectivity index (χ0n) is 21.4. The summed E-state index contributed by atoms with van der Waals surface area (Å²) in [7, 11) is 0. The number of anilines is 2. The molecule has 0 saturated carbocycles. The molecule has 1 heterocycles. The molecule has 35 heavy (non-hydrogen) atoms. The number of para-hydroxylation sites is 2. The molecule has 0 radical (unpaired) electrons. The fourth-order valence-electron chi connectivity index (χ4n) is 3.67. The molecule has 0 aromatic heterocycles. The van der Waals surface area contributed by atoms with Crippen molar-refractivity contribution in [3.63, 3.8) is 0 Å². The van der Waals surface area contributed by atoms with Crippen LogP contribution in [0.25, 0.3) is 0 Å². The average molecular weight is 503 g/mol. The van der Waals surface area contributed by atoms with Crippen LogP contribution in [0.2, 0.25) is 5.02 Å². The molecule has 0 atom stereocenters. The molecule has 8 heteroatoms. The standard InChI is InChI=1S/C27H35ClN2O5/c1-26(2,3)34-24(31)30(25(32)35-27(4,5)6)16-10-9-15-29-21-11-7-8-12-23(21)33-18-19-13-14-20(28)17-22(19)29/h7-8,11-14,17H,9-10,15-16,18H2,1-6H3. The van der Waals surface area contributed by atoms with Crippen LogP contribution in [0, 0.1) is 0 Å². The Bertz CT molecular complexity index is 1030. The Hall–Kier alpha value is -2.93. The monoisotopic (exact) mass is 502 g/mol. The van der Waals surface area contributed by atoms with Gasteiger partial charge in [-0.1, -0.05) is 29.8 Å². The Morgan fingerprint density at radius 1 is 0.943 bits per heavy atom. The molecule has 3 rings (SSSR count). The Balaban J connectivity index is 1.74. The summed E-state index contributed by atoms with van der Waals surface area (Å²) in [5.74, 6) is 0.795. The van der Waals surface area contributed by atoms with E-state index in [1.165, 1.54) is 0 Å². The zero-order chi connectivity index (χ0) is 25.8. The normalized spacial score (nSPS) is 13.2. The molecule has 7 nitrogen and oxygen atoms in total. The molecular formula is C27H35ClN2O5. The number of carbonyl (C=O) groups excluding carboxylic acids is 2. The second-order valence-electron chi connectivity index (χ2n) is 10.5. The minimum Gasteiger partial charge on any atom is -0.487 e. The molecule has 0 unspecified atom stereocenters. The Morgan fingerprint density at radius 2 is 1.57 bits per heavy atom. The van der Waals surface area contributed by atoms with Gasteiger partial charge in [0.2, 0.25) is 0 Å². The molecule has 1 aliphatic rings. The van der Waals surface area contributed by atoms with Crippen molar-refractivity contribution in [2.75, 3.05) is 18.0 Å². The molecule has 1 aliphatic heterocycles. The van der Waals surface area contributed by atoms with Crippen molar-refractivity contribution < 1.29 is 23.8 Å². The molecule has 0 aliphatic carbocycles. The van der Waals surface area contributed by atoms with Crippen LogP contribution in [0.15, 0.2) is 42.5 Å². The number of fused-ring (bicyclic) bond motifs is 2. The van der Waals surface area contributed by atoms with Gasteiger partial charge in [0.15, 0.2) is 0 Å². The number of benzene rings is 2. The summed E-state index contributed by atoms with van der Waals surface area (Å²) in [6.07, 6.45) is -0.161. The van der Waals surface area contributed by atoms with E-state index in [1.54, 1.807) is 41.5 Å². The quantitative estimate of drug-likeness (QED) is 0.399. The van der Waals surface area contributed by atoms with Crippen LogP contribution in [0.1, 0.15) is 59.9 Å². The minimum atomic E-state index is -0.726. The van der Waals surface area contributed by atoms with Gasteiger partial charge in [0.25, 0.3) is 0 Å². The first-order valence-electron chi connectivity index (χ1n) is 11.9. The highest BCUT2D eigenvalue weighted by atomic mass is 35.5. The number of hydrogen-bond donors (Lipinski definition) is 0. The maximum absolute atomic E-state index is 12.8. The molecule has 0 N–H and O–H groups in total. The predicted octanol–water partition coefficient (Wildman–Crippen LogP) is 7.32. The first-order valence-corrected chi connectivity index (χ1v) is 12.2. The number of carbonyl (C=O) groups is 2. The van der Waals surface area contributed by atoms with Gasteiger partial charge in [-0.25, -0.2) is 14.5 Å². The number of hydrogen-bond acceptors (Lipinski definition) is 6. The largest absolute Gasteiger partial charge is 0.487 e. The highest BCUT2D eigenvalue weighted by Gasteiger charge is 2.31. The van der Waals surface area contributed by atoms with Crippen molar-refractivity contribution in [2.45, 2.75) is 72.2 Å². The molecule has 0 fully saturated rings. The van der Waals surface area contributed by atoms with Crippen LogP contribution >= 0.6 is 11.6 Å². The van der Waals surface area contributed by atoms with Gasteiger partial charge < -0.3 is 19.1 Å². The van der Waals surface area contributed by atoms with Crippen LogP contribution in [0.5, 0.6) is 5.75 Å². The second kappa shape index (κ2) is 10.8. The third-order valence-electron chi connectivity index (χ3n) is 5.12. The molecule has 0 spiro atoms. The predicted molar refractivity (Wildman–Crippen MR) is 138 cm³/mol. The summed E-state index contributed by atoms with van der Waals surface area (Å²) in [6, 6.07) is 13.6. The van der Waals surface area contributed by atoms with Crippen LogP contribution in [0.4, 0.5) is 21.0 Å². The maximum atomic E-state index is 12.8. The molecule has 190 valence electrons. The van der Waals surface area contributed by atoms with Gasteiger partial charge in [-0.15, -0.1) is 0 Å². The third-order valence-corrected chi connectivity index (χ3v) is 5.35. The van der Waals surface area contributed by atoms with E-state index >= 15 is 0 Å². The second-order valence-corrected chi connectivity index (χ2v) is 10.9. The molecule has 2 aromatic carbocycles. The first kappa shape index (κ1) is 26.7. The van der Waals surface area contributed by atoms with E-state index in [0.29, 0.717) is 31.0 Å². The van der Waals surface area contributed by atoms with Gasteiger partial charge >= 0.3 is 12.2 Å². The summed E-state index contributed by atoms with van der Waals surface area (Å²) in [5, 5.41) is 0.647. The molecule has 0 bridgehead atoms. The Morgan fingerprint density at radius 3 is 2.20 bits per heavy atom. The van der Waals surface area contributed by atoms with Crippen LogP contribution in [-0.2, 0) is 16.1 Å². The van der Waals surface area contributed by atoms with Crippen molar-refractivity contribution in [3.8, 4) is 5.75 Å². The smallest absolute Gasteiger partial charge is 0.419 e. The number of nitrogens with zero attached hydrogens (tertiary/aromatic N) is 2. The van der Waals surface area contributed by atoms with Crippen LogP contribution < -0.4 is 9.64 Å². The van der Waals surface area contributed by atoms with Gasteiger partial charge in [-0.05, 0) is 78.6 Å². The van der Waals surface area contributed by atoms with Crippen molar-refractivity contribution in [1.82, 2.24) is 4.90 Å². The van der Waals surface area contributed by atoms with E-state index in [4.69, 9.17) is 25.8 Å². The first-order chi connectivity index (χ1) is 16.3. The van der Waals surface area contributed by atoms with Gasteiger partial charge in [0.05, 0.1) is 5.69 Å². The Kier molecular flexibility index (Phi) is 8.21. The van der Waals surface area contributed by atoms with E-state index in [1.807, 2.05) is 42.5 Å². The number of halogens is 1. The summed E-state index contributed by atoms with van der Waals surface area (Å²) >= 11 is 6.32. The SMILES string of the molecule is CC(C)(C)OC(=O)N(CCCCN1c2cc(Cl)ccc2COc2ccccc21)C(=O)OC(C)(C)C. The van der Waals surface area contributed by atoms with Gasteiger partial charge in [0.1, 0.15) is 23.6 Å². The van der Waals surface area contributed by atoms with Gasteiger partial charge in [-0.3, -0.25) is 0 Å². The lowest BCUT2D eigenvalue weighted by Gasteiger charge is -2.29. The van der Waals surface area contributed by atoms with E-state index < -0.39 is 23.4 Å². The summed E-state index contributed by atoms with van der Waals surface area (Å²) in [4.78, 5) is 28.7.